The molecule has 0 aromatic carbocycles. The van der Waals surface area contributed by atoms with Gasteiger partial charge in [0.05, 0.1) is 0 Å². The van der Waals surface area contributed by atoms with Crippen molar-refractivity contribution in [1.82, 2.24) is 0 Å². The van der Waals surface area contributed by atoms with Crippen LogP contribution in [0, 0.1) is 0 Å². The monoisotopic (exact) mass is 338 g/mol. The predicted molar refractivity (Wildman–Crippen MR) is 83.7 cm³/mol. The van der Waals surface area contributed by atoms with Crippen molar-refractivity contribution in [1.29, 1.82) is 0 Å². The van der Waals surface area contributed by atoms with Gasteiger partial charge in [-0.15, -0.1) is 0 Å². The van der Waals surface area contributed by atoms with Crippen LogP contribution in [0.25, 0.3) is 0 Å². The maximum atomic E-state index is 10.5. The summed E-state index contributed by atoms with van der Waals surface area (Å²) in [7, 11) is -4.48. The van der Waals surface area contributed by atoms with Gasteiger partial charge in [-0.2, -0.15) is 8.42 Å². The molecular formula is C15H30O6S. The summed E-state index contributed by atoms with van der Waals surface area (Å²) < 4.78 is 44.4. The van der Waals surface area contributed by atoms with Crippen molar-refractivity contribution >= 4 is 10.4 Å². The molecule has 0 saturated carbocycles. The first-order chi connectivity index (χ1) is 10.5. The molecule has 0 aliphatic carbocycles. The van der Waals surface area contributed by atoms with E-state index in [1.165, 1.54) is 51.4 Å². The van der Waals surface area contributed by atoms with Crippen molar-refractivity contribution in [3.63, 3.8) is 0 Å². The second kappa shape index (κ2) is 11.3. The number of ether oxygens (including phenoxy) is 2. The van der Waals surface area contributed by atoms with Crippen molar-refractivity contribution in [3.05, 3.63) is 0 Å². The average Bonchev–Trinajstić information content (AvgIpc) is 2.86. The van der Waals surface area contributed by atoms with Crippen molar-refractivity contribution in [3.8, 4) is 0 Å². The number of rotatable bonds is 13. The molecule has 1 aliphatic heterocycles. The molecule has 1 fully saturated rings. The van der Waals surface area contributed by atoms with Gasteiger partial charge in [-0.1, -0.05) is 64.7 Å². The Kier molecular flexibility index (Phi) is 10.2. The Morgan fingerprint density at radius 2 is 1.55 bits per heavy atom. The minimum absolute atomic E-state index is 0.0300. The van der Waals surface area contributed by atoms with E-state index in [0.29, 0.717) is 0 Å². The molecule has 22 heavy (non-hydrogen) atoms. The molecule has 0 radical (unpaired) electrons. The van der Waals surface area contributed by atoms with E-state index < -0.39 is 23.0 Å². The lowest BCUT2D eigenvalue weighted by molar-refractivity contribution is -0.107. The van der Waals surface area contributed by atoms with Crippen LogP contribution in [0.15, 0.2) is 0 Å². The van der Waals surface area contributed by atoms with Crippen molar-refractivity contribution < 1.29 is 26.6 Å². The van der Waals surface area contributed by atoms with E-state index in [-0.39, 0.29) is 6.61 Å². The summed E-state index contributed by atoms with van der Waals surface area (Å²) >= 11 is 0. The fourth-order valence-corrected chi connectivity index (χ4v) is 2.94. The van der Waals surface area contributed by atoms with Gasteiger partial charge in [-0.3, -0.25) is 4.55 Å². The molecule has 7 heteroatoms. The highest BCUT2D eigenvalue weighted by atomic mass is 32.3. The van der Waals surface area contributed by atoms with E-state index in [4.69, 9.17) is 14.0 Å². The Hall–Kier alpha value is -0.210. The highest BCUT2D eigenvalue weighted by Crippen LogP contribution is 2.20. The van der Waals surface area contributed by atoms with E-state index in [9.17, 15) is 8.42 Å². The molecule has 0 amide bonds. The van der Waals surface area contributed by atoms with Crippen molar-refractivity contribution in [2.75, 3.05) is 6.61 Å². The summed E-state index contributed by atoms with van der Waals surface area (Å²) in [6.07, 6.45) is 11.9. The van der Waals surface area contributed by atoms with Crippen LogP contribution in [0.2, 0.25) is 0 Å². The molecule has 0 aromatic rings. The van der Waals surface area contributed by atoms with Gasteiger partial charge >= 0.3 is 10.4 Å². The van der Waals surface area contributed by atoms with Gasteiger partial charge in [-0.25, -0.2) is 4.18 Å². The second-order valence-electron chi connectivity index (χ2n) is 5.82. The zero-order chi connectivity index (χ0) is 16.3. The molecule has 1 rings (SSSR count). The van der Waals surface area contributed by atoms with Crippen molar-refractivity contribution in [2.24, 2.45) is 0 Å². The average molecular weight is 338 g/mol. The summed E-state index contributed by atoms with van der Waals surface area (Å²) in [5, 5.41) is 0. The molecule has 0 bridgehead atoms. The van der Waals surface area contributed by atoms with Crippen LogP contribution in [-0.2, 0) is 24.1 Å². The quantitative estimate of drug-likeness (QED) is 0.406. The SMILES string of the molecule is CCCCCCCCCCCCC1OCC(OS(=O)(=O)O)O1. The van der Waals surface area contributed by atoms with Gasteiger partial charge in [0.25, 0.3) is 0 Å². The molecular weight excluding hydrogens is 308 g/mol. The minimum Gasteiger partial charge on any atom is -0.347 e. The molecule has 1 heterocycles. The lowest BCUT2D eigenvalue weighted by atomic mass is 10.1. The fourth-order valence-electron chi connectivity index (χ4n) is 2.57. The molecule has 0 aromatic heterocycles. The molecule has 1 N–H and O–H groups in total. The first kappa shape index (κ1) is 19.8. The molecule has 2 unspecified atom stereocenters. The van der Waals surface area contributed by atoms with Gasteiger partial charge in [0, 0.05) is 0 Å². The first-order valence-electron chi connectivity index (χ1n) is 8.44. The fraction of sp³-hybridized carbons (Fsp3) is 1.00. The molecule has 132 valence electrons. The Morgan fingerprint density at radius 1 is 1.00 bits per heavy atom. The third kappa shape index (κ3) is 10.5. The predicted octanol–water partition coefficient (Wildman–Crippen LogP) is 3.82. The molecule has 6 nitrogen and oxygen atoms in total. The minimum atomic E-state index is -4.48. The first-order valence-corrected chi connectivity index (χ1v) is 9.80. The van der Waals surface area contributed by atoms with Crippen LogP contribution in [-0.4, -0.2) is 32.2 Å². The summed E-state index contributed by atoms with van der Waals surface area (Å²) in [5.41, 5.74) is 0. The standard InChI is InChI=1S/C15H30O6S/c1-2-3-4-5-6-7-8-9-10-11-12-14-19-13-15(20-14)21-22(16,17)18/h14-15H,2-13H2,1H3,(H,16,17,18). The molecule has 0 spiro atoms. The Bertz CT molecular complexity index is 370. The molecule has 1 saturated heterocycles. The van der Waals surface area contributed by atoms with Crippen molar-refractivity contribution in [2.45, 2.75) is 90.1 Å². The number of hydrogen-bond donors (Lipinski definition) is 1. The van der Waals surface area contributed by atoms with Crippen LogP contribution in [0.3, 0.4) is 0 Å². The zero-order valence-electron chi connectivity index (χ0n) is 13.5. The third-order valence-electron chi connectivity index (χ3n) is 3.74. The van der Waals surface area contributed by atoms with Crippen LogP contribution in [0.1, 0.15) is 77.6 Å². The summed E-state index contributed by atoms with van der Waals surface area (Å²) in [4.78, 5) is 0. The number of hydrogen-bond acceptors (Lipinski definition) is 5. The van der Waals surface area contributed by atoms with Crippen LogP contribution < -0.4 is 0 Å². The van der Waals surface area contributed by atoms with Gasteiger partial charge in [-0.05, 0) is 12.8 Å². The lowest BCUT2D eigenvalue weighted by Gasteiger charge is -2.10. The zero-order valence-corrected chi connectivity index (χ0v) is 14.4. The van der Waals surface area contributed by atoms with E-state index in [0.717, 1.165) is 19.3 Å². The maximum absolute atomic E-state index is 10.5. The maximum Gasteiger partial charge on any atom is 0.399 e. The number of unbranched alkanes of at least 4 members (excludes halogenated alkanes) is 9. The molecule has 2 atom stereocenters. The Balaban J connectivity index is 1.89. The van der Waals surface area contributed by atoms with Gasteiger partial charge in [0.1, 0.15) is 6.61 Å². The summed E-state index contributed by atoms with van der Waals surface area (Å²) in [6.45, 7) is 2.26. The van der Waals surface area contributed by atoms with E-state index in [1.807, 2.05) is 0 Å². The summed E-state index contributed by atoms with van der Waals surface area (Å²) in [5.74, 6) is 0. The van der Waals surface area contributed by atoms with Gasteiger partial charge in [0.15, 0.2) is 6.29 Å². The van der Waals surface area contributed by atoms with Crippen LogP contribution >= 0.6 is 0 Å². The Labute approximate surface area is 134 Å². The largest absolute Gasteiger partial charge is 0.399 e. The Morgan fingerprint density at radius 3 is 2.09 bits per heavy atom. The second-order valence-corrected chi connectivity index (χ2v) is 6.87. The highest BCUT2D eigenvalue weighted by molar-refractivity contribution is 7.80. The van der Waals surface area contributed by atoms with E-state index >= 15 is 0 Å². The van der Waals surface area contributed by atoms with Gasteiger partial charge in [0.2, 0.25) is 6.29 Å². The lowest BCUT2D eigenvalue weighted by Crippen LogP contribution is -2.20. The normalized spacial score (nSPS) is 22.3. The summed E-state index contributed by atoms with van der Waals surface area (Å²) in [6, 6.07) is 0. The third-order valence-corrected chi connectivity index (χ3v) is 4.20. The topological polar surface area (TPSA) is 82.1 Å². The van der Waals surface area contributed by atoms with Gasteiger partial charge < -0.3 is 9.47 Å². The van der Waals surface area contributed by atoms with E-state index in [1.54, 1.807) is 0 Å². The van der Waals surface area contributed by atoms with Crippen LogP contribution in [0.5, 0.6) is 0 Å². The highest BCUT2D eigenvalue weighted by Gasteiger charge is 2.29. The molecule has 1 aliphatic rings. The smallest absolute Gasteiger partial charge is 0.347 e. The van der Waals surface area contributed by atoms with E-state index in [2.05, 4.69) is 11.1 Å². The van der Waals surface area contributed by atoms with Crippen LogP contribution in [0.4, 0.5) is 0 Å².